The fraction of sp³-hybridized carbons (Fsp3) is 0.706. The van der Waals surface area contributed by atoms with Crippen LogP contribution in [-0.2, 0) is 16.0 Å². The molecule has 0 radical (unpaired) electrons. The van der Waals surface area contributed by atoms with Crippen molar-refractivity contribution in [2.75, 3.05) is 45.4 Å². The molecule has 2 heterocycles. The molecule has 1 aromatic rings. The molecule has 1 atom stereocenters. The molecule has 0 bridgehead atoms. The van der Waals surface area contributed by atoms with Gasteiger partial charge in [0.15, 0.2) is 0 Å². The van der Waals surface area contributed by atoms with E-state index in [2.05, 4.69) is 47.7 Å². The van der Waals surface area contributed by atoms with Crippen LogP contribution in [-0.4, -0.2) is 62.0 Å². The number of hydrogen-bond acceptors (Lipinski definition) is 5. The standard InChI is InChI=1S/C17H29N3O2/c1-14-11-20(17(2,3)13-22-14)12-15-6-7-16(18-10-15)19(4)8-9-21-5/h6-7,10,14H,8-9,11-13H2,1-5H3. The smallest absolute Gasteiger partial charge is 0.128 e. The molecule has 2 rings (SSSR count). The Labute approximate surface area is 134 Å². The Morgan fingerprint density at radius 1 is 1.45 bits per heavy atom. The molecule has 0 amide bonds. The van der Waals surface area contributed by atoms with Crippen LogP contribution in [0.15, 0.2) is 18.3 Å². The minimum Gasteiger partial charge on any atom is -0.383 e. The SMILES string of the molecule is COCCN(C)c1ccc(CN2CC(C)OCC2(C)C)cn1. The van der Waals surface area contributed by atoms with Crippen LogP contribution in [0.3, 0.4) is 0 Å². The maximum absolute atomic E-state index is 5.77. The lowest BCUT2D eigenvalue weighted by atomic mass is 10.00. The zero-order valence-electron chi connectivity index (χ0n) is 14.5. The van der Waals surface area contributed by atoms with E-state index < -0.39 is 0 Å². The van der Waals surface area contributed by atoms with Crippen LogP contribution in [0.1, 0.15) is 26.3 Å². The van der Waals surface area contributed by atoms with Crippen molar-refractivity contribution in [2.45, 2.75) is 39.0 Å². The lowest BCUT2D eigenvalue weighted by Crippen LogP contribution is -2.54. The first-order valence-corrected chi connectivity index (χ1v) is 7.94. The molecule has 0 aliphatic carbocycles. The average Bonchev–Trinajstić information content (AvgIpc) is 2.49. The van der Waals surface area contributed by atoms with Gasteiger partial charge >= 0.3 is 0 Å². The highest BCUT2D eigenvalue weighted by molar-refractivity contribution is 5.38. The zero-order chi connectivity index (χ0) is 16.2. The van der Waals surface area contributed by atoms with Crippen molar-refractivity contribution in [3.8, 4) is 0 Å². The van der Waals surface area contributed by atoms with E-state index in [0.717, 1.165) is 32.1 Å². The Balaban J connectivity index is 1.98. The molecule has 1 aliphatic heterocycles. The lowest BCUT2D eigenvalue weighted by Gasteiger charge is -2.44. The van der Waals surface area contributed by atoms with Crippen LogP contribution in [0.4, 0.5) is 5.82 Å². The van der Waals surface area contributed by atoms with Gasteiger partial charge in [-0.05, 0) is 32.4 Å². The van der Waals surface area contributed by atoms with E-state index in [-0.39, 0.29) is 5.54 Å². The number of hydrogen-bond donors (Lipinski definition) is 0. The molecular formula is C17H29N3O2. The Hall–Kier alpha value is -1.17. The Morgan fingerprint density at radius 2 is 2.23 bits per heavy atom. The maximum atomic E-state index is 5.77. The molecule has 5 nitrogen and oxygen atoms in total. The van der Waals surface area contributed by atoms with Crippen molar-refractivity contribution < 1.29 is 9.47 Å². The summed E-state index contributed by atoms with van der Waals surface area (Å²) in [6, 6.07) is 4.25. The zero-order valence-corrected chi connectivity index (χ0v) is 14.5. The lowest BCUT2D eigenvalue weighted by molar-refractivity contribution is -0.0949. The Kier molecular flexibility index (Phi) is 5.78. The van der Waals surface area contributed by atoms with Gasteiger partial charge in [-0.15, -0.1) is 0 Å². The Bertz CT molecular complexity index is 461. The fourth-order valence-electron chi connectivity index (χ4n) is 2.63. The minimum absolute atomic E-state index is 0.0699. The van der Waals surface area contributed by atoms with Gasteiger partial charge in [-0.1, -0.05) is 6.07 Å². The third kappa shape index (κ3) is 4.41. The Morgan fingerprint density at radius 3 is 2.86 bits per heavy atom. The molecule has 1 aliphatic rings. The molecule has 1 fully saturated rings. The van der Waals surface area contributed by atoms with Gasteiger partial charge in [0.2, 0.25) is 0 Å². The summed E-state index contributed by atoms with van der Waals surface area (Å²) >= 11 is 0. The summed E-state index contributed by atoms with van der Waals surface area (Å²) in [6.45, 7) is 10.8. The third-order valence-electron chi connectivity index (χ3n) is 4.26. The van der Waals surface area contributed by atoms with Gasteiger partial charge in [-0.25, -0.2) is 4.98 Å². The molecule has 124 valence electrons. The molecular weight excluding hydrogens is 278 g/mol. The van der Waals surface area contributed by atoms with Crippen molar-refractivity contribution in [3.05, 3.63) is 23.9 Å². The molecule has 0 aromatic carbocycles. The van der Waals surface area contributed by atoms with Gasteiger partial charge in [-0.3, -0.25) is 4.90 Å². The minimum atomic E-state index is 0.0699. The van der Waals surface area contributed by atoms with Crippen LogP contribution in [0.25, 0.3) is 0 Å². The summed E-state index contributed by atoms with van der Waals surface area (Å²) in [5.74, 6) is 0.982. The van der Waals surface area contributed by atoms with Crippen molar-refractivity contribution in [3.63, 3.8) is 0 Å². The van der Waals surface area contributed by atoms with Crippen molar-refractivity contribution in [2.24, 2.45) is 0 Å². The first-order chi connectivity index (χ1) is 10.4. The number of rotatable bonds is 6. The van der Waals surface area contributed by atoms with E-state index in [4.69, 9.17) is 9.47 Å². The quantitative estimate of drug-likeness (QED) is 0.805. The van der Waals surface area contributed by atoms with Crippen LogP contribution < -0.4 is 4.90 Å². The summed E-state index contributed by atoms with van der Waals surface area (Å²) in [7, 11) is 3.75. The number of nitrogens with zero attached hydrogens (tertiary/aromatic N) is 3. The molecule has 1 aromatic heterocycles. The average molecular weight is 307 g/mol. The maximum Gasteiger partial charge on any atom is 0.128 e. The summed E-state index contributed by atoms with van der Waals surface area (Å²) in [6.07, 6.45) is 2.27. The first kappa shape index (κ1) is 17.2. The number of anilines is 1. The highest BCUT2D eigenvalue weighted by Gasteiger charge is 2.33. The number of aromatic nitrogens is 1. The largest absolute Gasteiger partial charge is 0.383 e. The van der Waals surface area contributed by atoms with Gasteiger partial charge in [0.05, 0.1) is 19.3 Å². The van der Waals surface area contributed by atoms with Crippen LogP contribution in [0.2, 0.25) is 0 Å². The highest BCUT2D eigenvalue weighted by atomic mass is 16.5. The van der Waals surface area contributed by atoms with Gasteiger partial charge in [0.25, 0.3) is 0 Å². The van der Waals surface area contributed by atoms with Crippen LogP contribution in [0.5, 0.6) is 0 Å². The third-order valence-corrected chi connectivity index (χ3v) is 4.26. The molecule has 1 unspecified atom stereocenters. The predicted octanol–water partition coefficient (Wildman–Crippen LogP) is 2.16. The van der Waals surface area contributed by atoms with E-state index in [1.807, 2.05) is 13.2 Å². The van der Waals surface area contributed by atoms with Crippen molar-refractivity contribution >= 4 is 5.82 Å². The first-order valence-electron chi connectivity index (χ1n) is 7.94. The fourth-order valence-corrected chi connectivity index (χ4v) is 2.63. The molecule has 5 heteroatoms. The normalized spacial score (nSPS) is 21.8. The summed E-state index contributed by atoms with van der Waals surface area (Å²) in [5.41, 5.74) is 1.31. The molecule has 22 heavy (non-hydrogen) atoms. The summed E-state index contributed by atoms with van der Waals surface area (Å²) < 4.78 is 10.9. The van der Waals surface area contributed by atoms with Crippen molar-refractivity contribution in [1.29, 1.82) is 0 Å². The number of morpholine rings is 1. The van der Waals surface area contributed by atoms with Crippen LogP contribution >= 0.6 is 0 Å². The molecule has 0 saturated carbocycles. The van der Waals surface area contributed by atoms with E-state index in [1.165, 1.54) is 5.56 Å². The van der Waals surface area contributed by atoms with Gasteiger partial charge in [0.1, 0.15) is 5.82 Å². The summed E-state index contributed by atoms with van der Waals surface area (Å²) in [5, 5.41) is 0. The van der Waals surface area contributed by atoms with Crippen molar-refractivity contribution in [1.82, 2.24) is 9.88 Å². The van der Waals surface area contributed by atoms with E-state index in [9.17, 15) is 0 Å². The summed E-state index contributed by atoms with van der Waals surface area (Å²) in [4.78, 5) is 9.16. The van der Waals surface area contributed by atoms with E-state index in [1.54, 1.807) is 7.11 Å². The second kappa shape index (κ2) is 7.40. The number of likely N-dealkylation sites (N-methyl/N-ethyl adjacent to an activating group) is 1. The number of pyridine rings is 1. The molecule has 0 N–H and O–H groups in total. The topological polar surface area (TPSA) is 37.8 Å². The van der Waals surface area contributed by atoms with Gasteiger partial charge in [0, 0.05) is 45.5 Å². The monoisotopic (exact) mass is 307 g/mol. The van der Waals surface area contributed by atoms with E-state index in [0.29, 0.717) is 12.7 Å². The second-order valence-electron chi connectivity index (χ2n) is 6.75. The number of ether oxygens (including phenoxy) is 2. The highest BCUT2D eigenvalue weighted by Crippen LogP contribution is 2.24. The van der Waals surface area contributed by atoms with Gasteiger partial charge in [-0.2, -0.15) is 0 Å². The second-order valence-corrected chi connectivity index (χ2v) is 6.75. The number of methoxy groups -OCH3 is 1. The molecule has 1 saturated heterocycles. The van der Waals surface area contributed by atoms with Gasteiger partial charge < -0.3 is 14.4 Å². The van der Waals surface area contributed by atoms with E-state index >= 15 is 0 Å². The predicted molar refractivity (Wildman–Crippen MR) is 89.3 cm³/mol. The van der Waals surface area contributed by atoms with Crippen LogP contribution in [0, 0.1) is 0 Å². The molecule has 0 spiro atoms.